The quantitative estimate of drug-likeness (QED) is 0.682. The Kier molecular flexibility index (Phi) is 2.85. The molecule has 0 radical (unpaired) electrons. The number of ether oxygens (including phenoxy) is 1. The van der Waals surface area contributed by atoms with Gasteiger partial charge in [0.1, 0.15) is 5.56 Å². The fraction of sp³-hybridized carbons (Fsp3) is 0.375. The number of aromatic nitrogens is 2. The van der Waals surface area contributed by atoms with Crippen LogP contribution in [0, 0.1) is 0 Å². The first-order valence-corrected chi connectivity index (χ1v) is 3.87. The second-order valence-corrected chi connectivity index (χ2v) is 2.69. The topological polar surface area (TPSA) is 81.4 Å². The van der Waals surface area contributed by atoms with Crippen LogP contribution in [-0.4, -0.2) is 33.9 Å². The maximum atomic E-state index is 11.2. The van der Waals surface area contributed by atoms with Gasteiger partial charge in [0.2, 0.25) is 0 Å². The number of aliphatic carboxylic acids is 1. The van der Waals surface area contributed by atoms with Crippen LogP contribution in [0.4, 0.5) is 0 Å². The van der Waals surface area contributed by atoms with E-state index in [9.17, 15) is 9.59 Å². The highest BCUT2D eigenvalue weighted by Crippen LogP contribution is 2.09. The Balaban J connectivity index is 3.05. The van der Waals surface area contributed by atoms with Gasteiger partial charge in [-0.15, -0.1) is 0 Å². The minimum Gasteiger partial charge on any atom is -0.481 e. The smallest absolute Gasteiger partial charge is 0.341 e. The number of nitrogens with zero attached hydrogens (tertiary/aromatic N) is 2. The van der Waals surface area contributed by atoms with Gasteiger partial charge in [0.25, 0.3) is 0 Å². The Morgan fingerprint density at radius 3 is 2.79 bits per heavy atom. The third-order valence-corrected chi connectivity index (χ3v) is 1.79. The zero-order chi connectivity index (χ0) is 10.7. The molecule has 1 aromatic heterocycles. The first-order chi connectivity index (χ1) is 6.56. The Labute approximate surface area is 80.1 Å². The summed E-state index contributed by atoms with van der Waals surface area (Å²) in [6, 6.07) is 0. The van der Waals surface area contributed by atoms with Crippen LogP contribution in [-0.2, 0) is 23.0 Å². The van der Waals surface area contributed by atoms with Gasteiger partial charge in [-0.05, 0) is 0 Å². The van der Waals surface area contributed by atoms with Gasteiger partial charge in [0.15, 0.2) is 0 Å². The van der Waals surface area contributed by atoms with Gasteiger partial charge in [-0.25, -0.2) is 4.79 Å². The van der Waals surface area contributed by atoms with Gasteiger partial charge in [0, 0.05) is 7.05 Å². The average Bonchev–Trinajstić information content (AvgIpc) is 2.46. The van der Waals surface area contributed by atoms with Crippen molar-refractivity contribution in [1.29, 1.82) is 0 Å². The van der Waals surface area contributed by atoms with E-state index in [2.05, 4.69) is 9.84 Å². The largest absolute Gasteiger partial charge is 0.481 e. The lowest BCUT2D eigenvalue weighted by molar-refractivity contribution is -0.136. The second kappa shape index (κ2) is 3.91. The van der Waals surface area contributed by atoms with Crippen molar-refractivity contribution in [3.8, 4) is 0 Å². The molecule has 0 atom stereocenters. The number of hydrogen-bond acceptors (Lipinski definition) is 4. The molecule has 6 nitrogen and oxygen atoms in total. The van der Waals surface area contributed by atoms with Crippen molar-refractivity contribution in [3.63, 3.8) is 0 Å². The highest BCUT2D eigenvalue weighted by molar-refractivity contribution is 5.91. The van der Waals surface area contributed by atoms with E-state index in [-0.39, 0.29) is 12.0 Å². The fourth-order valence-corrected chi connectivity index (χ4v) is 1.10. The number of aryl methyl sites for hydroxylation is 1. The molecule has 1 rings (SSSR count). The van der Waals surface area contributed by atoms with E-state index in [0.717, 1.165) is 0 Å². The third kappa shape index (κ3) is 1.90. The lowest BCUT2D eigenvalue weighted by Gasteiger charge is -2.01. The van der Waals surface area contributed by atoms with Gasteiger partial charge < -0.3 is 9.84 Å². The number of rotatable bonds is 3. The van der Waals surface area contributed by atoms with Crippen LogP contribution in [0.5, 0.6) is 0 Å². The number of carboxylic acid groups (broad SMARTS) is 1. The monoisotopic (exact) mass is 198 g/mol. The Morgan fingerprint density at radius 1 is 1.64 bits per heavy atom. The van der Waals surface area contributed by atoms with Gasteiger partial charge in [-0.3, -0.25) is 9.48 Å². The van der Waals surface area contributed by atoms with Crippen LogP contribution < -0.4 is 0 Å². The van der Waals surface area contributed by atoms with E-state index < -0.39 is 11.9 Å². The molecule has 1 heterocycles. The first kappa shape index (κ1) is 10.2. The Morgan fingerprint density at radius 2 is 2.29 bits per heavy atom. The summed E-state index contributed by atoms with van der Waals surface area (Å²) in [6.07, 6.45) is 1.05. The molecular weight excluding hydrogens is 188 g/mol. The summed E-state index contributed by atoms with van der Waals surface area (Å²) in [5, 5.41) is 12.4. The van der Waals surface area contributed by atoms with E-state index >= 15 is 0 Å². The molecule has 0 amide bonds. The average molecular weight is 198 g/mol. The third-order valence-electron chi connectivity index (χ3n) is 1.79. The number of carbonyl (C=O) groups is 2. The molecule has 0 aliphatic heterocycles. The molecule has 6 heteroatoms. The molecule has 0 saturated carbocycles. The van der Waals surface area contributed by atoms with E-state index in [4.69, 9.17) is 5.11 Å². The van der Waals surface area contributed by atoms with Crippen LogP contribution in [0.25, 0.3) is 0 Å². The molecule has 0 saturated heterocycles. The van der Waals surface area contributed by atoms with Crippen LogP contribution in [0.3, 0.4) is 0 Å². The minimum absolute atomic E-state index is 0.192. The maximum Gasteiger partial charge on any atom is 0.341 e. The molecule has 0 fully saturated rings. The summed E-state index contributed by atoms with van der Waals surface area (Å²) < 4.78 is 5.83. The molecule has 1 aromatic rings. The maximum absolute atomic E-state index is 11.2. The lowest BCUT2D eigenvalue weighted by atomic mass is 10.2. The molecule has 0 bridgehead atoms. The molecule has 0 unspecified atom stereocenters. The van der Waals surface area contributed by atoms with Gasteiger partial charge in [0.05, 0.1) is 25.4 Å². The van der Waals surface area contributed by atoms with E-state index in [1.54, 1.807) is 7.05 Å². The molecule has 0 aliphatic carbocycles. The molecular formula is C8H10N2O4. The van der Waals surface area contributed by atoms with Crippen molar-refractivity contribution in [2.75, 3.05) is 7.11 Å². The highest BCUT2D eigenvalue weighted by atomic mass is 16.5. The van der Waals surface area contributed by atoms with Crippen LogP contribution in [0.2, 0.25) is 0 Å². The number of hydrogen-bond donors (Lipinski definition) is 1. The van der Waals surface area contributed by atoms with Crippen molar-refractivity contribution < 1.29 is 19.4 Å². The predicted octanol–water partition coefficient (Wildman–Crippen LogP) is -0.166. The van der Waals surface area contributed by atoms with Crippen molar-refractivity contribution in [1.82, 2.24) is 9.78 Å². The summed E-state index contributed by atoms with van der Waals surface area (Å²) in [4.78, 5) is 21.6. The van der Waals surface area contributed by atoms with E-state index in [1.807, 2.05) is 0 Å². The zero-order valence-corrected chi connectivity index (χ0v) is 7.85. The predicted molar refractivity (Wildman–Crippen MR) is 45.9 cm³/mol. The van der Waals surface area contributed by atoms with Crippen LogP contribution >= 0.6 is 0 Å². The van der Waals surface area contributed by atoms with E-state index in [0.29, 0.717) is 5.69 Å². The summed E-state index contributed by atoms with van der Waals surface area (Å²) in [5.74, 6) is -1.59. The first-order valence-electron chi connectivity index (χ1n) is 3.87. The van der Waals surface area contributed by atoms with Crippen molar-refractivity contribution >= 4 is 11.9 Å². The number of carbonyl (C=O) groups excluding carboxylic acids is 1. The zero-order valence-electron chi connectivity index (χ0n) is 7.85. The van der Waals surface area contributed by atoms with Crippen molar-refractivity contribution in [3.05, 3.63) is 17.5 Å². The van der Waals surface area contributed by atoms with Crippen LogP contribution in [0.1, 0.15) is 16.1 Å². The van der Waals surface area contributed by atoms with Crippen molar-refractivity contribution in [2.24, 2.45) is 7.05 Å². The molecule has 0 aliphatic rings. The summed E-state index contributed by atoms with van der Waals surface area (Å²) >= 11 is 0. The summed E-state index contributed by atoms with van der Waals surface area (Å²) in [7, 11) is 2.81. The molecule has 0 aromatic carbocycles. The Bertz CT molecular complexity index is 369. The van der Waals surface area contributed by atoms with E-state index in [1.165, 1.54) is 18.0 Å². The number of esters is 1. The molecule has 1 N–H and O–H groups in total. The van der Waals surface area contributed by atoms with Crippen molar-refractivity contribution in [2.45, 2.75) is 6.42 Å². The van der Waals surface area contributed by atoms with Gasteiger partial charge in [-0.1, -0.05) is 0 Å². The lowest BCUT2D eigenvalue weighted by Crippen LogP contribution is -2.11. The summed E-state index contributed by atoms with van der Waals surface area (Å²) in [6.45, 7) is 0. The normalized spacial score (nSPS) is 9.86. The second-order valence-electron chi connectivity index (χ2n) is 2.69. The van der Waals surface area contributed by atoms with Crippen LogP contribution in [0.15, 0.2) is 6.20 Å². The van der Waals surface area contributed by atoms with Gasteiger partial charge >= 0.3 is 11.9 Å². The molecule has 14 heavy (non-hydrogen) atoms. The minimum atomic E-state index is -1.02. The molecule has 0 spiro atoms. The number of carboxylic acids is 1. The summed E-state index contributed by atoms with van der Waals surface area (Å²) in [5.41, 5.74) is 0.529. The Hall–Kier alpha value is -1.85. The number of methoxy groups -OCH3 is 1. The SMILES string of the molecule is COC(=O)c1cnn(C)c1CC(=O)O. The fourth-order valence-electron chi connectivity index (χ4n) is 1.10. The standard InChI is InChI=1S/C8H10N2O4/c1-10-6(3-7(11)12)5(4-9-10)8(13)14-2/h4H,3H2,1-2H3,(H,11,12). The highest BCUT2D eigenvalue weighted by Gasteiger charge is 2.18. The molecule has 76 valence electrons. The van der Waals surface area contributed by atoms with Gasteiger partial charge in [-0.2, -0.15) is 5.10 Å².